The molecule has 0 aromatic heterocycles. The molecule has 96 valence electrons. The first-order valence-electron chi connectivity index (χ1n) is 5.34. The minimum Gasteiger partial charge on any atom is -0.354 e. The summed E-state index contributed by atoms with van der Waals surface area (Å²) in [5.74, 6) is -0.251. The molecule has 16 heavy (non-hydrogen) atoms. The van der Waals surface area contributed by atoms with Gasteiger partial charge < -0.3 is 11.1 Å². The van der Waals surface area contributed by atoms with Crippen LogP contribution in [-0.2, 0) is 14.6 Å². The van der Waals surface area contributed by atoms with Crippen LogP contribution < -0.4 is 11.1 Å². The van der Waals surface area contributed by atoms with Crippen LogP contribution in [0.25, 0.3) is 0 Å². The van der Waals surface area contributed by atoms with Crippen molar-refractivity contribution in [2.24, 2.45) is 11.1 Å². The highest BCUT2D eigenvalue weighted by molar-refractivity contribution is 7.91. The summed E-state index contributed by atoms with van der Waals surface area (Å²) >= 11 is 0. The van der Waals surface area contributed by atoms with Gasteiger partial charge in [0.2, 0.25) is 5.91 Å². The molecule has 0 bridgehead atoms. The van der Waals surface area contributed by atoms with E-state index in [0.29, 0.717) is 0 Å². The molecule has 6 heteroatoms. The molecule has 0 aromatic rings. The molecule has 1 unspecified atom stereocenters. The monoisotopic (exact) mass is 250 g/mol. The Morgan fingerprint density at radius 3 is 2.25 bits per heavy atom. The average molecular weight is 250 g/mol. The lowest BCUT2D eigenvalue weighted by atomic mass is 9.87. The van der Waals surface area contributed by atoms with Crippen LogP contribution in [0.4, 0.5) is 0 Å². The minimum atomic E-state index is -3.03. The van der Waals surface area contributed by atoms with Gasteiger partial charge in [0, 0.05) is 12.3 Å². The maximum Gasteiger partial charge on any atom is 0.237 e. The fourth-order valence-corrected chi connectivity index (χ4v) is 1.68. The van der Waals surface area contributed by atoms with Crippen molar-refractivity contribution < 1.29 is 13.2 Å². The Hall–Kier alpha value is -0.620. The summed E-state index contributed by atoms with van der Waals surface area (Å²) in [6, 6.07) is -0.628. The number of amides is 1. The average Bonchev–Trinajstić information content (AvgIpc) is 2.14. The van der Waals surface area contributed by atoms with Crippen molar-refractivity contribution in [3.8, 4) is 0 Å². The van der Waals surface area contributed by atoms with Gasteiger partial charge in [0.05, 0.1) is 11.8 Å². The molecular weight excluding hydrogens is 228 g/mol. The fourth-order valence-electron chi connectivity index (χ4n) is 0.977. The van der Waals surface area contributed by atoms with Crippen LogP contribution in [0, 0.1) is 5.41 Å². The maximum atomic E-state index is 11.5. The SMILES string of the molecule is CCS(=O)(=O)CCNC(=O)C(N)C(C)(C)C. The fraction of sp³-hybridized carbons (Fsp3) is 0.900. The molecule has 0 radical (unpaired) electrons. The highest BCUT2D eigenvalue weighted by Crippen LogP contribution is 2.16. The van der Waals surface area contributed by atoms with E-state index >= 15 is 0 Å². The number of sulfone groups is 1. The lowest BCUT2D eigenvalue weighted by Crippen LogP contribution is -2.49. The molecule has 0 spiro atoms. The van der Waals surface area contributed by atoms with E-state index in [0.717, 1.165) is 0 Å². The number of carbonyl (C=O) groups is 1. The Morgan fingerprint density at radius 1 is 1.38 bits per heavy atom. The van der Waals surface area contributed by atoms with Gasteiger partial charge in [0.25, 0.3) is 0 Å². The van der Waals surface area contributed by atoms with E-state index in [1.54, 1.807) is 6.92 Å². The van der Waals surface area contributed by atoms with E-state index in [4.69, 9.17) is 5.73 Å². The van der Waals surface area contributed by atoms with Crippen LogP contribution in [0.1, 0.15) is 27.7 Å². The van der Waals surface area contributed by atoms with Crippen molar-refractivity contribution in [2.45, 2.75) is 33.7 Å². The molecule has 0 saturated heterocycles. The van der Waals surface area contributed by atoms with E-state index in [-0.39, 0.29) is 29.4 Å². The van der Waals surface area contributed by atoms with Gasteiger partial charge in [-0.1, -0.05) is 27.7 Å². The molecule has 1 atom stereocenters. The number of nitrogens with two attached hydrogens (primary N) is 1. The summed E-state index contributed by atoms with van der Waals surface area (Å²) in [6.45, 7) is 7.29. The molecule has 0 fully saturated rings. The normalized spacial score (nSPS) is 14.6. The molecule has 1 amide bonds. The van der Waals surface area contributed by atoms with Crippen LogP contribution in [-0.4, -0.2) is 38.4 Å². The van der Waals surface area contributed by atoms with E-state index in [9.17, 15) is 13.2 Å². The molecular formula is C10H22N2O3S. The van der Waals surface area contributed by atoms with Gasteiger partial charge >= 0.3 is 0 Å². The molecule has 0 aromatic carbocycles. The molecule has 5 nitrogen and oxygen atoms in total. The van der Waals surface area contributed by atoms with Crippen molar-refractivity contribution >= 4 is 15.7 Å². The zero-order valence-corrected chi connectivity index (χ0v) is 11.2. The quantitative estimate of drug-likeness (QED) is 0.713. The first-order valence-corrected chi connectivity index (χ1v) is 7.16. The Labute approximate surface area is 97.7 Å². The second kappa shape index (κ2) is 5.63. The van der Waals surface area contributed by atoms with Crippen LogP contribution in [0.2, 0.25) is 0 Å². The van der Waals surface area contributed by atoms with Crippen LogP contribution >= 0.6 is 0 Å². The van der Waals surface area contributed by atoms with Crippen molar-refractivity contribution in [3.63, 3.8) is 0 Å². The van der Waals surface area contributed by atoms with Gasteiger partial charge in [0.15, 0.2) is 9.84 Å². The first kappa shape index (κ1) is 15.4. The van der Waals surface area contributed by atoms with Crippen molar-refractivity contribution in [1.29, 1.82) is 0 Å². The third kappa shape index (κ3) is 5.46. The number of nitrogens with one attached hydrogen (secondary N) is 1. The Morgan fingerprint density at radius 2 is 1.88 bits per heavy atom. The molecule has 0 heterocycles. The van der Waals surface area contributed by atoms with E-state index in [2.05, 4.69) is 5.32 Å². The largest absolute Gasteiger partial charge is 0.354 e. The molecule has 0 rings (SSSR count). The Bertz CT molecular complexity index is 330. The van der Waals surface area contributed by atoms with Gasteiger partial charge in [0.1, 0.15) is 0 Å². The third-order valence-electron chi connectivity index (χ3n) is 2.37. The molecule has 3 N–H and O–H groups in total. The zero-order valence-electron chi connectivity index (χ0n) is 10.4. The van der Waals surface area contributed by atoms with E-state index < -0.39 is 15.9 Å². The van der Waals surface area contributed by atoms with Crippen molar-refractivity contribution in [1.82, 2.24) is 5.32 Å². The first-order chi connectivity index (χ1) is 7.10. The smallest absolute Gasteiger partial charge is 0.237 e. The second-order valence-corrected chi connectivity index (χ2v) is 7.34. The van der Waals surface area contributed by atoms with Crippen LogP contribution in [0.15, 0.2) is 0 Å². The van der Waals surface area contributed by atoms with Gasteiger partial charge in [-0.05, 0) is 5.41 Å². The van der Waals surface area contributed by atoms with Gasteiger partial charge in [-0.2, -0.15) is 0 Å². The van der Waals surface area contributed by atoms with Crippen LogP contribution in [0.5, 0.6) is 0 Å². The zero-order chi connectivity index (χ0) is 13.0. The topological polar surface area (TPSA) is 89.3 Å². The summed E-state index contributed by atoms with van der Waals surface area (Å²) in [4.78, 5) is 11.5. The summed E-state index contributed by atoms with van der Waals surface area (Å²) in [6.07, 6.45) is 0. The lowest BCUT2D eigenvalue weighted by Gasteiger charge is -2.25. The molecule has 0 aliphatic rings. The van der Waals surface area contributed by atoms with E-state index in [1.807, 2.05) is 20.8 Å². The van der Waals surface area contributed by atoms with E-state index in [1.165, 1.54) is 0 Å². The molecule has 0 aliphatic heterocycles. The number of rotatable bonds is 5. The second-order valence-electron chi connectivity index (χ2n) is 4.87. The Kier molecular flexibility index (Phi) is 5.41. The summed E-state index contributed by atoms with van der Waals surface area (Å²) < 4.78 is 22.3. The summed E-state index contributed by atoms with van der Waals surface area (Å²) in [5.41, 5.74) is 5.39. The number of hydrogen-bond donors (Lipinski definition) is 2. The molecule has 0 aliphatic carbocycles. The summed E-state index contributed by atoms with van der Waals surface area (Å²) in [5, 5.41) is 2.54. The number of hydrogen-bond acceptors (Lipinski definition) is 4. The van der Waals surface area contributed by atoms with Crippen molar-refractivity contribution in [2.75, 3.05) is 18.1 Å². The van der Waals surface area contributed by atoms with Gasteiger partial charge in [-0.15, -0.1) is 0 Å². The third-order valence-corrected chi connectivity index (χ3v) is 4.07. The van der Waals surface area contributed by atoms with Crippen LogP contribution in [0.3, 0.4) is 0 Å². The minimum absolute atomic E-state index is 0.0356. The highest BCUT2D eigenvalue weighted by Gasteiger charge is 2.27. The molecule has 0 saturated carbocycles. The lowest BCUT2D eigenvalue weighted by molar-refractivity contribution is -0.124. The maximum absolute atomic E-state index is 11.5. The van der Waals surface area contributed by atoms with Gasteiger partial charge in [-0.25, -0.2) is 8.42 Å². The highest BCUT2D eigenvalue weighted by atomic mass is 32.2. The summed E-state index contributed by atoms with van der Waals surface area (Å²) in [7, 11) is -3.03. The Balaban J connectivity index is 4.11. The van der Waals surface area contributed by atoms with Crippen molar-refractivity contribution in [3.05, 3.63) is 0 Å². The van der Waals surface area contributed by atoms with Gasteiger partial charge in [-0.3, -0.25) is 4.79 Å². The number of carbonyl (C=O) groups excluding carboxylic acids is 1. The predicted molar refractivity (Wildman–Crippen MR) is 64.8 cm³/mol. The predicted octanol–water partition coefficient (Wildman–Crippen LogP) is -0.0893. The standard InChI is InChI=1S/C10H22N2O3S/c1-5-16(14,15)7-6-12-9(13)8(11)10(2,3)4/h8H,5-7,11H2,1-4H3,(H,12,13).